The second-order valence-corrected chi connectivity index (χ2v) is 6.68. The predicted molar refractivity (Wildman–Crippen MR) is 77.8 cm³/mol. The summed E-state index contributed by atoms with van der Waals surface area (Å²) in [6.07, 6.45) is 0. The molecular formula is C13H12BrNO3S. The lowest BCUT2D eigenvalue weighted by atomic mass is 10.2. The van der Waals surface area contributed by atoms with Gasteiger partial charge in [-0.25, -0.2) is 8.42 Å². The average molecular weight is 342 g/mol. The minimum absolute atomic E-state index is 0.0966. The number of phenols is 1. The van der Waals surface area contributed by atoms with Crippen molar-refractivity contribution in [2.24, 2.45) is 0 Å². The number of hydrogen-bond donors (Lipinski definition) is 2. The highest BCUT2D eigenvalue weighted by Gasteiger charge is 2.15. The standard InChI is InChI=1S/C13H12BrNO3S/c1-9-2-7-12(13(16)8-9)15-19(17,18)11-5-3-10(14)4-6-11/h2-8,15-16H,1H3. The summed E-state index contributed by atoms with van der Waals surface area (Å²) in [6.45, 7) is 1.81. The molecule has 2 aromatic rings. The Kier molecular flexibility index (Phi) is 3.82. The van der Waals surface area contributed by atoms with Crippen LogP contribution in [-0.4, -0.2) is 13.5 Å². The van der Waals surface area contributed by atoms with Gasteiger partial charge < -0.3 is 5.11 Å². The van der Waals surface area contributed by atoms with Crippen LogP contribution in [0.15, 0.2) is 51.8 Å². The maximum Gasteiger partial charge on any atom is 0.262 e. The second-order valence-electron chi connectivity index (χ2n) is 4.08. The number of phenolic OH excluding ortho intramolecular Hbond substituents is 1. The number of sulfonamides is 1. The van der Waals surface area contributed by atoms with E-state index in [1.807, 2.05) is 6.92 Å². The molecule has 2 N–H and O–H groups in total. The number of benzene rings is 2. The zero-order valence-electron chi connectivity index (χ0n) is 10.1. The average Bonchev–Trinajstić information content (AvgIpc) is 2.33. The lowest BCUT2D eigenvalue weighted by Crippen LogP contribution is -2.12. The molecule has 0 bridgehead atoms. The van der Waals surface area contributed by atoms with E-state index in [4.69, 9.17) is 0 Å². The number of anilines is 1. The van der Waals surface area contributed by atoms with E-state index < -0.39 is 10.0 Å². The van der Waals surface area contributed by atoms with Crippen molar-refractivity contribution in [3.8, 4) is 5.75 Å². The van der Waals surface area contributed by atoms with Gasteiger partial charge in [-0.05, 0) is 48.9 Å². The smallest absolute Gasteiger partial charge is 0.262 e. The lowest BCUT2D eigenvalue weighted by Gasteiger charge is -2.10. The first-order valence-corrected chi connectivity index (χ1v) is 7.74. The van der Waals surface area contributed by atoms with Crippen LogP contribution in [0.5, 0.6) is 5.75 Å². The fourth-order valence-corrected chi connectivity index (χ4v) is 2.88. The molecule has 19 heavy (non-hydrogen) atoms. The van der Waals surface area contributed by atoms with E-state index in [9.17, 15) is 13.5 Å². The van der Waals surface area contributed by atoms with Crippen LogP contribution in [0.2, 0.25) is 0 Å². The van der Waals surface area contributed by atoms with E-state index in [-0.39, 0.29) is 16.3 Å². The van der Waals surface area contributed by atoms with Crippen molar-refractivity contribution in [2.75, 3.05) is 4.72 Å². The number of halogens is 1. The van der Waals surface area contributed by atoms with Crippen LogP contribution in [-0.2, 0) is 10.0 Å². The van der Waals surface area contributed by atoms with Crippen LogP contribution in [0.25, 0.3) is 0 Å². The molecule has 0 atom stereocenters. The lowest BCUT2D eigenvalue weighted by molar-refractivity contribution is 0.477. The van der Waals surface area contributed by atoms with Crippen molar-refractivity contribution in [1.29, 1.82) is 0 Å². The van der Waals surface area contributed by atoms with Crippen LogP contribution in [0.1, 0.15) is 5.56 Å². The number of aryl methyl sites for hydroxylation is 1. The first-order valence-electron chi connectivity index (χ1n) is 5.46. The van der Waals surface area contributed by atoms with Crippen molar-refractivity contribution < 1.29 is 13.5 Å². The molecule has 0 unspecified atom stereocenters. The molecule has 2 aromatic carbocycles. The number of nitrogens with one attached hydrogen (secondary N) is 1. The van der Waals surface area contributed by atoms with Crippen molar-refractivity contribution in [1.82, 2.24) is 0 Å². The van der Waals surface area contributed by atoms with Crippen molar-refractivity contribution in [3.63, 3.8) is 0 Å². The largest absolute Gasteiger partial charge is 0.506 e. The van der Waals surface area contributed by atoms with Crippen LogP contribution >= 0.6 is 15.9 Å². The molecule has 6 heteroatoms. The molecule has 0 heterocycles. The third-order valence-electron chi connectivity index (χ3n) is 2.52. The molecule has 4 nitrogen and oxygen atoms in total. The summed E-state index contributed by atoms with van der Waals surface area (Å²) >= 11 is 3.24. The molecule has 0 radical (unpaired) electrons. The predicted octanol–water partition coefficient (Wildman–Crippen LogP) is 3.26. The normalized spacial score (nSPS) is 11.3. The molecule has 0 fully saturated rings. The Morgan fingerprint density at radius 1 is 1.11 bits per heavy atom. The summed E-state index contributed by atoms with van der Waals surface area (Å²) in [5, 5.41) is 9.71. The van der Waals surface area contributed by atoms with Gasteiger partial charge in [0.2, 0.25) is 0 Å². The fraction of sp³-hybridized carbons (Fsp3) is 0.0769. The van der Waals surface area contributed by atoms with Crippen molar-refractivity contribution in [3.05, 3.63) is 52.5 Å². The van der Waals surface area contributed by atoms with E-state index in [0.717, 1.165) is 10.0 Å². The minimum atomic E-state index is -3.70. The quantitative estimate of drug-likeness (QED) is 0.842. The highest BCUT2D eigenvalue weighted by molar-refractivity contribution is 9.10. The molecule has 2 rings (SSSR count). The Bertz CT molecular complexity index is 696. The Morgan fingerprint density at radius 2 is 1.74 bits per heavy atom. The van der Waals surface area contributed by atoms with Gasteiger partial charge in [0.1, 0.15) is 5.75 Å². The van der Waals surface area contributed by atoms with Gasteiger partial charge in [0, 0.05) is 4.47 Å². The van der Waals surface area contributed by atoms with Gasteiger partial charge in [-0.15, -0.1) is 0 Å². The highest BCUT2D eigenvalue weighted by Crippen LogP contribution is 2.26. The monoisotopic (exact) mass is 341 g/mol. The van der Waals surface area contributed by atoms with Gasteiger partial charge in [0.05, 0.1) is 10.6 Å². The number of hydrogen-bond acceptors (Lipinski definition) is 3. The Balaban J connectivity index is 2.33. The van der Waals surface area contributed by atoms with E-state index in [0.29, 0.717) is 0 Å². The zero-order valence-corrected chi connectivity index (χ0v) is 12.5. The van der Waals surface area contributed by atoms with Gasteiger partial charge in [-0.3, -0.25) is 4.72 Å². The van der Waals surface area contributed by atoms with E-state index in [2.05, 4.69) is 20.7 Å². The van der Waals surface area contributed by atoms with Crippen LogP contribution in [0.3, 0.4) is 0 Å². The van der Waals surface area contributed by atoms with Gasteiger partial charge in [0.25, 0.3) is 10.0 Å². The van der Waals surface area contributed by atoms with Crippen LogP contribution in [0, 0.1) is 6.92 Å². The Morgan fingerprint density at radius 3 is 2.32 bits per heavy atom. The van der Waals surface area contributed by atoms with Crippen molar-refractivity contribution >= 4 is 31.6 Å². The molecule has 0 aliphatic heterocycles. The van der Waals surface area contributed by atoms with E-state index in [1.54, 1.807) is 18.2 Å². The first-order chi connectivity index (χ1) is 8.88. The Labute approximate surface area is 120 Å². The van der Waals surface area contributed by atoms with Gasteiger partial charge in [-0.2, -0.15) is 0 Å². The topological polar surface area (TPSA) is 66.4 Å². The summed E-state index contributed by atoms with van der Waals surface area (Å²) in [7, 11) is -3.70. The number of rotatable bonds is 3. The number of aromatic hydroxyl groups is 1. The first kappa shape index (κ1) is 13.9. The Hall–Kier alpha value is -1.53. The third-order valence-corrected chi connectivity index (χ3v) is 4.43. The second kappa shape index (κ2) is 5.22. The summed E-state index contributed by atoms with van der Waals surface area (Å²) in [5.74, 6) is -0.0966. The van der Waals surface area contributed by atoms with E-state index in [1.165, 1.54) is 24.3 Å². The zero-order chi connectivity index (χ0) is 14.0. The molecule has 0 saturated carbocycles. The molecule has 0 aliphatic rings. The van der Waals surface area contributed by atoms with Crippen molar-refractivity contribution in [2.45, 2.75) is 11.8 Å². The summed E-state index contributed by atoms with van der Waals surface area (Å²) in [5.41, 5.74) is 1.01. The molecule has 0 saturated heterocycles. The SMILES string of the molecule is Cc1ccc(NS(=O)(=O)c2ccc(Br)cc2)c(O)c1. The third kappa shape index (κ3) is 3.27. The van der Waals surface area contributed by atoms with Gasteiger partial charge >= 0.3 is 0 Å². The molecular weight excluding hydrogens is 330 g/mol. The van der Waals surface area contributed by atoms with Crippen LogP contribution in [0.4, 0.5) is 5.69 Å². The van der Waals surface area contributed by atoms with Gasteiger partial charge in [0.15, 0.2) is 0 Å². The summed E-state index contributed by atoms with van der Waals surface area (Å²) < 4.78 is 27.4. The molecule has 0 aromatic heterocycles. The molecule has 0 amide bonds. The minimum Gasteiger partial charge on any atom is -0.506 e. The van der Waals surface area contributed by atoms with E-state index >= 15 is 0 Å². The molecule has 0 aliphatic carbocycles. The fourth-order valence-electron chi connectivity index (χ4n) is 1.55. The molecule has 100 valence electrons. The summed E-state index contributed by atoms with van der Waals surface area (Å²) in [4.78, 5) is 0.135. The maximum atomic E-state index is 12.1. The van der Waals surface area contributed by atoms with Gasteiger partial charge in [-0.1, -0.05) is 22.0 Å². The molecule has 0 spiro atoms. The van der Waals surface area contributed by atoms with Crippen LogP contribution < -0.4 is 4.72 Å². The highest BCUT2D eigenvalue weighted by atomic mass is 79.9. The maximum absolute atomic E-state index is 12.1. The summed E-state index contributed by atoms with van der Waals surface area (Å²) in [6, 6.07) is 11.0.